The van der Waals surface area contributed by atoms with Crippen LogP contribution in [0.15, 0.2) is 53.6 Å². The Kier molecular flexibility index (Phi) is 5.04. The van der Waals surface area contributed by atoms with Crippen LogP contribution in [0.5, 0.6) is 0 Å². The Bertz CT molecular complexity index is 1150. The summed E-state index contributed by atoms with van der Waals surface area (Å²) in [5.74, 6) is -5.58. The van der Waals surface area contributed by atoms with Gasteiger partial charge in [0.25, 0.3) is 0 Å². The lowest BCUT2D eigenvalue weighted by molar-refractivity contribution is -0.159. The first kappa shape index (κ1) is 20.0. The molecule has 3 aliphatic rings. The zero-order chi connectivity index (χ0) is 22.1. The predicted molar refractivity (Wildman–Crippen MR) is 97.3 cm³/mol. The van der Waals surface area contributed by atoms with Gasteiger partial charge < -0.3 is 18.9 Å². The third kappa shape index (κ3) is 3.90. The van der Waals surface area contributed by atoms with Gasteiger partial charge in [-0.15, -0.1) is 0 Å². The van der Waals surface area contributed by atoms with Crippen molar-refractivity contribution in [2.24, 2.45) is 5.92 Å². The molecule has 31 heavy (non-hydrogen) atoms. The number of ether oxygens (including phenoxy) is 4. The summed E-state index contributed by atoms with van der Waals surface area (Å²) in [6.07, 6.45) is 5.36. The number of hydrogen-bond acceptors (Lipinski definition) is 10. The standard InChI is InChI=1S/C21H12O10/c22-16(10-1-2-11-8-13(7-10)19(25)30-18(11)24)28-5-6-29-17(23)12-3-4-14-15(9-12)21(27)31-20(14)26/h1-4,7-9,11H,5-6H2. The van der Waals surface area contributed by atoms with E-state index in [-0.39, 0.29) is 41.1 Å². The van der Waals surface area contributed by atoms with E-state index in [1.807, 2.05) is 0 Å². The quantitative estimate of drug-likeness (QED) is 0.289. The Morgan fingerprint density at radius 1 is 0.871 bits per heavy atom. The maximum Gasteiger partial charge on any atom is 0.346 e. The fourth-order valence-corrected chi connectivity index (χ4v) is 2.99. The summed E-state index contributed by atoms with van der Waals surface area (Å²) in [6.45, 7) is -0.568. The summed E-state index contributed by atoms with van der Waals surface area (Å²) in [5.41, 5.74) is 0.128. The van der Waals surface area contributed by atoms with E-state index in [1.165, 1.54) is 42.5 Å². The maximum atomic E-state index is 12.2. The number of fused-ring (bicyclic) bond motifs is 2. The van der Waals surface area contributed by atoms with Gasteiger partial charge in [0.15, 0.2) is 0 Å². The highest BCUT2D eigenvalue weighted by atomic mass is 16.6. The highest BCUT2D eigenvalue weighted by Crippen LogP contribution is 2.24. The molecule has 10 nitrogen and oxygen atoms in total. The van der Waals surface area contributed by atoms with Crippen LogP contribution in [0.4, 0.5) is 0 Å². The van der Waals surface area contributed by atoms with Crippen molar-refractivity contribution in [3.05, 3.63) is 70.3 Å². The molecule has 1 aliphatic carbocycles. The number of carbonyl (C=O) groups excluding carboxylic acids is 6. The number of rotatable bonds is 5. The molecule has 1 atom stereocenters. The molecule has 0 amide bonds. The third-order valence-electron chi connectivity index (χ3n) is 4.52. The maximum absolute atomic E-state index is 12.2. The van der Waals surface area contributed by atoms with Crippen LogP contribution in [-0.2, 0) is 33.3 Å². The average Bonchev–Trinajstić information content (AvgIpc) is 2.92. The second-order valence-electron chi connectivity index (χ2n) is 6.52. The van der Waals surface area contributed by atoms with E-state index in [2.05, 4.69) is 9.47 Å². The highest BCUT2D eigenvalue weighted by molar-refractivity contribution is 6.15. The average molecular weight is 424 g/mol. The van der Waals surface area contributed by atoms with Gasteiger partial charge in [-0.2, -0.15) is 0 Å². The first-order chi connectivity index (χ1) is 14.8. The summed E-state index contributed by atoms with van der Waals surface area (Å²) in [6, 6.07) is 3.77. The Hall–Kier alpha value is -4.34. The smallest absolute Gasteiger partial charge is 0.346 e. The molecule has 0 saturated carbocycles. The summed E-state index contributed by atoms with van der Waals surface area (Å²) in [5, 5.41) is 0. The summed E-state index contributed by atoms with van der Waals surface area (Å²) in [7, 11) is 0. The lowest BCUT2D eigenvalue weighted by atomic mass is 10.0. The molecule has 1 aromatic rings. The Labute approximate surface area is 173 Å². The summed E-state index contributed by atoms with van der Waals surface area (Å²) < 4.78 is 19.0. The van der Waals surface area contributed by atoms with Crippen LogP contribution in [-0.4, -0.2) is 49.0 Å². The molecule has 0 N–H and O–H groups in total. The zero-order valence-electron chi connectivity index (χ0n) is 15.6. The van der Waals surface area contributed by atoms with E-state index < -0.39 is 41.7 Å². The third-order valence-corrected chi connectivity index (χ3v) is 4.52. The van der Waals surface area contributed by atoms with E-state index in [9.17, 15) is 28.8 Å². The molecule has 0 radical (unpaired) electrons. The molecule has 0 saturated heterocycles. The van der Waals surface area contributed by atoms with Crippen molar-refractivity contribution in [1.82, 2.24) is 0 Å². The van der Waals surface area contributed by atoms with Crippen LogP contribution in [0, 0.1) is 5.92 Å². The normalized spacial score (nSPS) is 18.9. The Morgan fingerprint density at radius 3 is 2.35 bits per heavy atom. The molecule has 0 spiro atoms. The van der Waals surface area contributed by atoms with Crippen LogP contribution in [0.3, 0.4) is 0 Å². The molecule has 10 heteroatoms. The van der Waals surface area contributed by atoms with Gasteiger partial charge >= 0.3 is 35.8 Å². The van der Waals surface area contributed by atoms with Gasteiger partial charge in [-0.1, -0.05) is 18.2 Å². The first-order valence-corrected chi connectivity index (χ1v) is 8.96. The number of carbonyl (C=O) groups is 6. The number of esters is 6. The van der Waals surface area contributed by atoms with Crippen LogP contribution in [0.25, 0.3) is 0 Å². The monoisotopic (exact) mass is 424 g/mol. The van der Waals surface area contributed by atoms with Crippen molar-refractivity contribution in [2.75, 3.05) is 13.2 Å². The molecule has 2 aliphatic heterocycles. The SMILES string of the molecule is O=C(OCCOC(=O)c1ccc2c(c1)C(=O)OC2=O)C1=CC2=CC(C=C1)C(=O)OC2=O. The minimum atomic E-state index is -0.857. The van der Waals surface area contributed by atoms with Crippen molar-refractivity contribution < 1.29 is 47.7 Å². The molecule has 1 unspecified atom stereocenters. The molecular formula is C21H12O10. The van der Waals surface area contributed by atoms with E-state index in [0.29, 0.717) is 0 Å². The Morgan fingerprint density at radius 2 is 1.58 bits per heavy atom. The number of cyclic esters (lactones) is 4. The van der Waals surface area contributed by atoms with Crippen LogP contribution < -0.4 is 0 Å². The predicted octanol–water partition coefficient (Wildman–Crippen LogP) is 0.819. The van der Waals surface area contributed by atoms with Crippen LogP contribution in [0.1, 0.15) is 31.1 Å². The number of benzene rings is 1. The van der Waals surface area contributed by atoms with E-state index in [0.717, 1.165) is 0 Å². The van der Waals surface area contributed by atoms with Gasteiger partial charge in [0.1, 0.15) is 13.2 Å². The molecule has 2 heterocycles. The van der Waals surface area contributed by atoms with E-state index >= 15 is 0 Å². The van der Waals surface area contributed by atoms with Crippen molar-refractivity contribution in [3.8, 4) is 0 Å². The summed E-state index contributed by atoms with van der Waals surface area (Å²) >= 11 is 0. The molecule has 2 bridgehead atoms. The molecule has 4 rings (SSSR count). The van der Waals surface area contributed by atoms with E-state index in [1.54, 1.807) is 0 Å². The fraction of sp³-hybridized carbons (Fsp3) is 0.143. The molecule has 0 aromatic heterocycles. The Balaban J connectivity index is 1.31. The topological polar surface area (TPSA) is 139 Å². The summed E-state index contributed by atoms with van der Waals surface area (Å²) in [4.78, 5) is 70.5. The van der Waals surface area contributed by atoms with Crippen molar-refractivity contribution in [3.63, 3.8) is 0 Å². The van der Waals surface area contributed by atoms with Crippen molar-refractivity contribution >= 4 is 35.8 Å². The second kappa shape index (κ2) is 7.82. The lowest BCUT2D eigenvalue weighted by Gasteiger charge is -2.12. The van der Waals surface area contributed by atoms with Crippen LogP contribution >= 0.6 is 0 Å². The molecular weight excluding hydrogens is 412 g/mol. The van der Waals surface area contributed by atoms with Gasteiger partial charge in [-0.3, -0.25) is 4.79 Å². The fourth-order valence-electron chi connectivity index (χ4n) is 2.99. The van der Waals surface area contributed by atoms with Gasteiger partial charge in [-0.05, 0) is 24.3 Å². The second-order valence-corrected chi connectivity index (χ2v) is 6.52. The van der Waals surface area contributed by atoms with Gasteiger partial charge in [0.05, 0.1) is 33.8 Å². The van der Waals surface area contributed by atoms with Crippen LogP contribution in [0.2, 0.25) is 0 Å². The zero-order valence-corrected chi connectivity index (χ0v) is 15.6. The van der Waals surface area contributed by atoms with Crippen molar-refractivity contribution in [2.45, 2.75) is 0 Å². The largest absolute Gasteiger partial charge is 0.458 e. The van der Waals surface area contributed by atoms with Gasteiger partial charge in [-0.25, -0.2) is 24.0 Å². The van der Waals surface area contributed by atoms with Crippen molar-refractivity contribution in [1.29, 1.82) is 0 Å². The van der Waals surface area contributed by atoms with Gasteiger partial charge in [0.2, 0.25) is 0 Å². The van der Waals surface area contributed by atoms with E-state index in [4.69, 9.17) is 9.47 Å². The lowest BCUT2D eigenvalue weighted by Crippen LogP contribution is -2.24. The number of hydrogen-bond donors (Lipinski definition) is 0. The van der Waals surface area contributed by atoms with Gasteiger partial charge in [0, 0.05) is 0 Å². The molecule has 1 aromatic carbocycles. The highest BCUT2D eigenvalue weighted by Gasteiger charge is 2.31. The first-order valence-electron chi connectivity index (χ1n) is 8.96. The minimum absolute atomic E-state index is 0.0218. The molecule has 0 fully saturated rings. The minimum Gasteiger partial charge on any atom is -0.458 e. The molecule has 156 valence electrons.